The Morgan fingerprint density at radius 3 is 1.27 bits per heavy atom. The minimum atomic E-state index is -4.03. The SMILES string of the molecule is C[C@H](O)[C@@H](O[PH](=O)O[C@@H](OS(C)(=O)=O)[C@H](C)O)OS(C)(=O)=O. The third-order valence-electron chi connectivity index (χ3n) is 1.75. The molecule has 0 rings (SSSR count). The molecule has 0 unspecified atom stereocenters. The summed E-state index contributed by atoms with van der Waals surface area (Å²) < 4.78 is 73.3. The zero-order valence-corrected chi connectivity index (χ0v) is 14.8. The summed E-state index contributed by atoms with van der Waals surface area (Å²) in [5.41, 5.74) is 0. The zero-order chi connectivity index (χ0) is 17.7. The molecule has 0 amide bonds. The van der Waals surface area contributed by atoms with Gasteiger partial charge in [-0.1, -0.05) is 0 Å². The van der Waals surface area contributed by atoms with Gasteiger partial charge in [-0.2, -0.15) is 16.8 Å². The van der Waals surface area contributed by atoms with Crippen LogP contribution in [0, 0.1) is 0 Å². The smallest absolute Gasteiger partial charge is 0.324 e. The maximum Gasteiger partial charge on any atom is 0.324 e. The van der Waals surface area contributed by atoms with Crippen LogP contribution in [0.2, 0.25) is 0 Å². The van der Waals surface area contributed by atoms with E-state index in [-0.39, 0.29) is 0 Å². The second-order valence-electron chi connectivity index (χ2n) is 4.30. The van der Waals surface area contributed by atoms with Crippen molar-refractivity contribution in [2.75, 3.05) is 12.5 Å². The summed E-state index contributed by atoms with van der Waals surface area (Å²) in [7, 11) is -11.6. The Hall–Kier alpha value is -0.110. The van der Waals surface area contributed by atoms with Crippen molar-refractivity contribution in [1.29, 1.82) is 0 Å². The highest BCUT2D eigenvalue weighted by molar-refractivity contribution is 7.86. The molecular formula is C8H19O11PS2. The Labute approximate surface area is 129 Å². The highest BCUT2D eigenvalue weighted by atomic mass is 32.2. The summed E-state index contributed by atoms with van der Waals surface area (Å²) in [6.45, 7) is 2.20. The van der Waals surface area contributed by atoms with Gasteiger partial charge in [-0.15, -0.1) is 0 Å². The van der Waals surface area contributed by atoms with Crippen LogP contribution < -0.4 is 0 Å². The molecule has 0 aromatic carbocycles. The molecule has 2 N–H and O–H groups in total. The molecule has 0 aliphatic carbocycles. The first-order valence-corrected chi connectivity index (χ1v) is 10.6. The number of rotatable bonds is 10. The molecule has 0 saturated carbocycles. The average molecular weight is 386 g/mol. The van der Waals surface area contributed by atoms with E-state index in [0.29, 0.717) is 12.5 Å². The van der Waals surface area contributed by atoms with Crippen LogP contribution in [0.5, 0.6) is 0 Å². The van der Waals surface area contributed by atoms with Crippen molar-refractivity contribution in [3.63, 3.8) is 0 Å². The molecule has 0 radical (unpaired) electrons. The number of hydrogen-bond donors (Lipinski definition) is 2. The van der Waals surface area contributed by atoms with Crippen molar-refractivity contribution < 1.29 is 49.0 Å². The van der Waals surface area contributed by atoms with Crippen LogP contribution in [0.15, 0.2) is 0 Å². The Kier molecular flexibility index (Phi) is 8.62. The van der Waals surface area contributed by atoms with Gasteiger partial charge in [-0.25, -0.2) is 8.37 Å². The van der Waals surface area contributed by atoms with E-state index in [2.05, 4.69) is 17.4 Å². The molecule has 11 nitrogen and oxygen atoms in total. The Morgan fingerprint density at radius 2 is 1.09 bits per heavy atom. The summed E-state index contributed by atoms with van der Waals surface area (Å²) in [5, 5.41) is 18.6. The summed E-state index contributed by atoms with van der Waals surface area (Å²) in [5.74, 6) is 0. The van der Waals surface area contributed by atoms with Crippen LogP contribution in [0.3, 0.4) is 0 Å². The van der Waals surface area contributed by atoms with Crippen LogP contribution in [0.4, 0.5) is 0 Å². The zero-order valence-electron chi connectivity index (χ0n) is 12.2. The van der Waals surface area contributed by atoms with Crippen molar-refractivity contribution in [3.8, 4) is 0 Å². The Balaban J connectivity index is 4.86. The van der Waals surface area contributed by atoms with Gasteiger partial charge in [0.15, 0.2) is 0 Å². The molecule has 0 bridgehead atoms. The average Bonchev–Trinajstić information content (AvgIpc) is 2.22. The lowest BCUT2D eigenvalue weighted by molar-refractivity contribution is -0.106. The highest BCUT2D eigenvalue weighted by Crippen LogP contribution is 2.31. The van der Waals surface area contributed by atoms with Crippen LogP contribution >= 0.6 is 8.25 Å². The molecule has 0 aromatic heterocycles. The third kappa shape index (κ3) is 10.6. The standard InChI is InChI=1S/C8H19O11PS2/c1-5(9)7(18-21(3,12)13)16-20(11)17-8(6(2)10)19-22(4,14)15/h5-10,20H,1-4H3/t5-,6-,7-,8-/m0/s1. The maximum absolute atomic E-state index is 11.6. The number of aliphatic hydroxyl groups is 2. The molecular weight excluding hydrogens is 367 g/mol. The van der Waals surface area contributed by atoms with E-state index >= 15 is 0 Å². The van der Waals surface area contributed by atoms with Crippen LogP contribution in [0.25, 0.3) is 0 Å². The number of aliphatic hydroxyl groups excluding tert-OH is 2. The van der Waals surface area contributed by atoms with Crippen LogP contribution in [-0.2, 0) is 42.2 Å². The normalized spacial score (nSPS) is 18.9. The first-order valence-electron chi connectivity index (χ1n) is 5.71. The van der Waals surface area contributed by atoms with Crippen LogP contribution in [-0.4, -0.2) is 64.3 Å². The lowest BCUT2D eigenvalue weighted by atomic mass is 10.4. The second kappa shape index (κ2) is 8.66. The molecule has 0 spiro atoms. The van der Waals surface area contributed by atoms with Crippen molar-refractivity contribution >= 4 is 28.5 Å². The Bertz CT molecular complexity index is 517. The minimum absolute atomic E-state index is 0.676. The molecule has 0 saturated heterocycles. The molecule has 14 heteroatoms. The summed E-state index contributed by atoms with van der Waals surface area (Å²) in [4.78, 5) is 0. The van der Waals surface area contributed by atoms with Gasteiger partial charge >= 0.3 is 8.25 Å². The fourth-order valence-corrected chi connectivity index (χ4v) is 3.11. The third-order valence-corrected chi connectivity index (χ3v) is 3.68. The fraction of sp³-hybridized carbons (Fsp3) is 1.00. The van der Waals surface area contributed by atoms with E-state index in [1.807, 2.05) is 0 Å². The Morgan fingerprint density at radius 1 is 0.818 bits per heavy atom. The predicted molar refractivity (Wildman–Crippen MR) is 74.0 cm³/mol. The molecule has 134 valence electrons. The van der Waals surface area contributed by atoms with E-state index in [0.717, 1.165) is 13.8 Å². The van der Waals surface area contributed by atoms with Gasteiger partial charge in [0, 0.05) is 0 Å². The van der Waals surface area contributed by atoms with Gasteiger partial charge in [-0.3, -0.25) is 13.6 Å². The predicted octanol–water partition coefficient (Wildman–Crippen LogP) is -1.22. The summed E-state index contributed by atoms with van der Waals surface area (Å²) in [6.07, 6.45) is -5.31. The van der Waals surface area contributed by atoms with Crippen molar-refractivity contribution in [1.82, 2.24) is 0 Å². The first-order chi connectivity index (χ1) is 9.71. The monoisotopic (exact) mass is 386 g/mol. The molecule has 0 aliphatic rings. The van der Waals surface area contributed by atoms with Crippen molar-refractivity contribution in [3.05, 3.63) is 0 Å². The van der Waals surface area contributed by atoms with Gasteiger partial charge in [-0.05, 0) is 13.8 Å². The van der Waals surface area contributed by atoms with Crippen LogP contribution in [0.1, 0.15) is 13.8 Å². The maximum atomic E-state index is 11.6. The molecule has 0 fully saturated rings. The van der Waals surface area contributed by atoms with Gasteiger partial charge < -0.3 is 10.2 Å². The van der Waals surface area contributed by atoms with E-state index in [1.165, 1.54) is 0 Å². The lowest BCUT2D eigenvalue weighted by Crippen LogP contribution is -2.32. The molecule has 0 aromatic rings. The van der Waals surface area contributed by atoms with Crippen molar-refractivity contribution in [2.45, 2.75) is 38.6 Å². The quantitative estimate of drug-likeness (QED) is 0.263. The van der Waals surface area contributed by atoms with Gasteiger partial charge in [0.05, 0.1) is 12.5 Å². The minimum Gasteiger partial charge on any atom is -0.388 e. The highest BCUT2D eigenvalue weighted by Gasteiger charge is 2.28. The van der Waals surface area contributed by atoms with Crippen molar-refractivity contribution in [2.24, 2.45) is 0 Å². The van der Waals surface area contributed by atoms with Gasteiger partial charge in [0.1, 0.15) is 12.2 Å². The second-order valence-corrected chi connectivity index (χ2v) is 8.48. The lowest BCUT2D eigenvalue weighted by Gasteiger charge is -2.22. The van der Waals surface area contributed by atoms with E-state index in [4.69, 9.17) is 0 Å². The largest absolute Gasteiger partial charge is 0.388 e. The van der Waals surface area contributed by atoms with E-state index in [9.17, 15) is 31.6 Å². The van der Waals surface area contributed by atoms with E-state index in [1.54, 1.807) is 0 Å². The topological polar surface area (TPSA) is 163 Å². The molecule has 4 atom stereocenters. The molecule has 22 heavy (non-hydrogen) atoms. The van der Waals surface area contributed by atoms with Gasteiger partial charge in [0.25, 0.3) is 20.2 Å². The molecule has 0 heterocycles. The molecule has 0 aliphatic heterocycles. The van der Waals surface area contributed by atoms with Gasteiger partial charge in [0.2, 0.25) is 12.6 Å². The summed E-state index contributed by atoms with van der Waals surface area (Å²) in [6, 6.07) is 0. The first kappa shape index (κ1) is 21.9. The van der Waals surface area contributed by atoms with E-state index < -0.39 is 53.3 Å². The number of hydrogen-bond acceptors (Lipinski definition) is 11. The fourth-order valence-electron chi connectivity index (χ4n) is 0.959. The summed E-state index contributed by atoms with van der Waals surface area (Å²) >= 11 is 0.